The number of rotatable bonds is 5. The van der Waals surface area contributed by atoms with Crippen molar-refractivity contribution in [2.75, 3.05) is 21.3 Å². The molecule has 8 nitrogen and oxygen atoms in total. The molecule has 1 N–H and O–H groups in total. The van der Waals surface area contributed by atoms with E-state index in [1.54, 1.807) is 0 Å². The number of carbonyl (C=O) groups is 4. The van der Waals surface area contributed by atoms with Crippen molar-refractivity contribution in [3.63, 3.8) is 0 Å². The van der Waals surface area contributed by atoms with E-state index in [1.807, 2.05) is 0 Å². The first-order chi connectivity index (χ1) is 8.38. The van der Waals surface area contributed by atoms with Gasteiger partial charge in [0.25, 0.3) is 0 Å². The summed E-state index contributed by atoms with van der Waals surface area (Å²) in [5, 5.41) is 2.15. The van der Waals surface area contributed by atoms with Gasteiger partial charge in [-0.2, -0.15) is 0 Å². The van der Waals surface area contributed by atoms with E-state index < -0.39 is 35.8 Å². The predicted octanol–water partition coefficient (Wildman–Crippen LogP) is -1.37. The highest BCUT2D eigenvalue weighted by Crippen LogP contribution is 2.10. The summed E-state index contributed by atoms with van der Waals surface area (Å²) >= 11 is 0. The lowest BCUT2D eigenvalue weighted by atomic mass is 10.00. The van der Waals surface area contributed by atoms with E-state index in [1.165, 1.54) is 0 Å². The van der Waals surface area contributed by atoms with E-state index >= 15 is 0 Å². The molecule has 0 heterocycles. The molecule has 0 aliphatic rings. The van der Waals surface area contributed by atoms with Crippen LogP contribution in [0.15, 0.2) is 0 Å². The number of hydrogen-bond donors (Lipinski definition) is 1. The van der Waals surface area contributed by atoms with E-state index in [2.05, 4.69) is 19.5 Å². The summed E-state index contributed by atoms with van der Waals surface area (Å²) in [6.07, 6.45) is 0. The molecule has 0 bridgehead atoms. The van der Waals surface area contributed by atoms with Crippen molar-refractivity contribution in [2.24, 2.45) is 5.92 Å². The summed E-state index contributed by atoms with van der Waals surface area (Å²) in [5.74, 6) is -5.19. The second-order valence-electron chi connectivity index (χ2n) is 3.23. The average Bonchev–Trinajstić information content (AvgIpc) is 2.35. The SMILES string of the molecule is COC(=O)C(NC(C)=O)C(C(=O)OC)C(=O)OC. The first-order valence-electron chi connectivity index (χ1n) is 4.89. The lowest BCUT2D eigenvalue weighted by molar-refractivity contribution is -0.166. The minimum Gasteiger partial charge on any atom is -0.468 e. The van der Waals surface area contributed by atoms with Crippen molar-refractivity contribution in [3.05, 3.63) is 0 Å². The topological polar surface area (TPSA) is 108 Å². The van der Waals surface area contributed by atoms with E-state index in [9.17, 15) is 19.2 Å². The maximum Gasteiger partial charge on any atom is 0.329 e. The third-order valence-corrected chi connectivity index (χ3v) is 2.06. The van der Waals surface area contributed by atoms with Gasteiger partial charge in [-0.3, -0.25) is 14.4 Å². The zero-order valence-electron chi connectivity index (χ0n) is 10.5. The largest absolute Gasteiger partial charge is 0.468 e. The number of carbonyl (C=O) groups excluding carboxylic acids is 4. The van der Waals surface area contributed by atoms with Gasteiger partial charge in [-0.05, 0) is 0 Å². The van der Waals surface area contributed by atoms with Crippen molar-refractivity contribution in [1.29, 1.82) is 0 Å². The quantitative estimate of drug-likeness (QED) is 0.369. The van der Waals surface area contributed by atoms with Gasteiger partial charge in [0.2, 0.25) is 5.91 Å². The van der Waals surface area contributed by atoms with Gasteiger partial charge in [-0.25, -0.2) is 4.79 Å². The van der Waals surface area contributed by atoms with Gasteiger partial charge < -0.3 is 19.5 Å². The van der Waals surface area contributed by atoms with Gasteiger partial charge in [0.05, 0.1) is 21.3 Å². The fourth-order valence-electron chi connectivity index (χ4n) is 1.25. The Kier molecular flexibility index (Phi) is 6.40. The van der Waals surface area contributed by atoms with Crippen LogP contribution in [0.2, 0.25) is 0 Å². The van der Waals surface area contributed by atoms with Gasteiger partial charge in [-0.1, -0.05) is 0 Å². The first-order valence-corrected chi connectivity index (χ1v) is 4.89. The number of esters is 3. The molecule has 0 saturated heterocycles. The fourth-order valence-corrected chi connectivity index (χ4v) is 1.25. The molecule has 1 unspecified atom stereocenters. The minimum absolute atomic E-state index is 0.608. The molecule has 0 fully saturated rings. The van der Waals surface area contributed by atoms with Crippen LogP contribution >= 0.6 is 0 Å². The van der Waals surface area contributed by atoms with Crippen molar-refractivity contribution in [2.45, 2.75) is 13.0 Å². The van der Waals surface area contributed by atoms with E-state index in [0.29, 0.717) is 0 Å². The summed E-state index contributed by atoms with van der Waals surface area (Å²) in [6, 6.07) is -1.49. The lowest BCUT2D eigenvalue weighted by Gasteiger charge is -2.21. The maximum absolute atomic E-state index is 11.5. The zero-order chi connectivity index (χ0) is 14.3. The van der Waals surface area contributed by atoms with Crippen molar-refractivity contribution >= 4 is 23.8 Å². The summed E-state index contributed by atoms with van der Waals surface area (Å²) in [5.41, 5.74) is 0. The molecule has 8 heteroatoms. The summed E-state index contributed by atoms with van der Waals surface area (Å²) < 4.78 is 13.2. The van der Waals surface area contributed by atoms with E-state index in [-0.39, 0.29) is 0 Å². The summed E-state index contributed by atoms with van der Waals surface area (Å²) in [7, 11) is 3.14. The van der Waals surface area contributed by atoms with Gasteiger partial charge in [0.1, 0.15) is 0 Å². The highest BCUT2D eigenvalue weighted by Gasteiger charge is 2.42. The number of amides is 1. The van der Waals surface area contributed by atoms with Gasteiger partial charge >= 0.3 is 17.9 Å². The van der Waals surface area contributed by atoms with Crippen LogP contribution in [0.1, 0.15) is 6.92 Å². The number of nitrogens with one attached hydrogen (secondary N) is 1. The van der Waals surface area contributed by atoms with Crippen LogP contribution in [0.3, 0.4) is 0 Å². The maximum atomic E-state index is 11.5. The van der Waals surface area contributed by atoms with Gasteiger partial charge in [0, 0.05) is 6.92 Å². The van der Waals surface area contributed by atoms with Crippen LogP contribution < -0.4 is 5.32 Å². The standard InChI is InChI=1S/C10H15NO7/c1-5(12)11-7(10(15)18-4)6(8(13)16-2)9(14)17-3/h6-7H,1-4H3,(H,11,12). The van der Waals surface area contributed by atoms with Crippen LogP contribution in [-0.4, -0.2) is 51.2 Å². The number of ether oxygens (including phenoxy) is 3. The molecular weight excluding hydrogens is 246 g/mol. The molecule has 0 aromatic carbocycles. The monoisotopic (exact) mass is 261 g/mol. The third-order valence-electron chi connectivity index (χ3n) is 2.06. The Morgan fingerprint density at radius 1 is 0.833 bits per heavy atom. The molecule has 0 aromatic rings. The molecule has 0 spiro atoms. The molecule has 0 rings (SSSR count). The molecule has 0 radical (unpaired) electrons. The second-order valence-corrected chi connectivity index (χ2v) is 3.23. The van der Waals surface area contributed by atoms with Crippen molar-refractivity contribution < 1.29 is 33.4 Å². The highest BCUT2D eigenvalue weighted by molar-refractivity contribution is 6.01. The Morgan fingerprint density at radius 2 is 1.22 bits per heavy atom. The average molecular weight is 261 g/mol. The smallest absolute Gasteiger partial charge is 0.329 e. The van der Waals surface area contributed by atoms with Crippen LogP contribution in [0.25, 0.3) is 0 Å². The van der Waals surface area contributed by atoms with Crippen LogP contribution in [0.5, 0.6) is 0 Å². The van der Waals surface area contributed by atoms with Crippen LogP contribution in [-0.2, 0) is 33.4 Å². The molecule has 102 valence electrons. The van der Waals surface area contributed by atoms with Crippen LogP contribution in [0.4, 0.5) is 0 Å². The Hall–Kier alpha value is -2.12. The van der Waals surface area contributed by atoms with Gasteiger partial charge in [0.15, 0.2) is 12.0 Å². The number of methoxy groups -OCH3 is 3. The minimum atomic E-state index is -1.61. The Bertz CT molecular complexity index is 336. The van der Waals surface area contributed by atoms with Crippen molar-refractivity contribution in [1.82, 2.24) is 5.32 Å². The molecule has 0 aromatic heterocycles. The lowest BCUT2D eigenvalue weighted by Crippen LogP contribution is -2.52. The highest BCUT2D eigenvalue weighted by atomic mass is 16.5. The summed E-state index contributed by atoms with van der Waals surface area (Å²) in [4.78, 5) is 45.4. The fraction of sp³-hybridized carbons (Fsp3) is 0.600. The Labute approximate surface area is 104 Å². The zero-order valence-corrected chi connectivity index (χ0v) is 10.5. The first kappa shape index (κ1) is 15.9. The molecule has 0 saturated carbocycles. The second kappa shape index (κ2) is 7.25. The van der Waals surface area contributed by atoms with E-state index in [4.69, 9.17) is 0 Å². The van der Waals surface area contributed by atoms with Gasteiger partial charge in [-0.15, -0.1) is 0 Å². The third kappa shape index (κ3) is 4.04. The van der Waals surface area contributed by atoms with Crippen molar-refractivity contribution in [3.8, 4) is 0 Å². The Morgan fingerprint density at radius 3 is 1.50 bits per heavy atom. The normalized spacial score (nSPS) is 11.4. The molecule has 1 atom stereocenters. The molecule has 1 amide bonds. The molecule has 18 heavy (non-hydrogen) atoms. The molecule has 0 aliphatic carbocycles. The molecule has 0 aliphatic heterocycles. The molecular formula is C10H15NO7. The van der Waals surface area contributed by atoms with E-state index in [0.717, 1.165) is 28.3 Å². The Balaban J connectivity index is 5.31. The summed E-state index contributed by atoms with van der Waals surface area (Å²) in [6.45, 7) is 1.13. The predicted molar refractivity (Wildman–Crippen MR) is 57.1 cm³/mol. The number of hydrogen-bond acceptors (Lipinski definition) is 7. The van der Waals surface area contributed by atoms with Crippen LogP contribution in [0, 0.1) is 5.92 Å².